The van der Waals surface area contributed by atoms with Gasteiger partial charge in [-0.25, -0.2) is 0 Å². The van der Waals surface area contributed by atoms with Gasteiger partial charge in [0.1, 0.15) is 0 Å². The summed E-state index contributed by atoms with van der Waals surface area (Å²) < 4.78 is 0. The Kier molecular flexibility index (Phi) is 4.30. The second-order valence-corrected chi connectivity index (χ2v) is 4.96. The molecule has 0 bridgehead atoms. The average Bonchev–Trinajstić information content (AvgIpc) is 2.37. The van der Waals surface area contributed by atoms with Gasteiger partial charge in [-0.05, 0) is 35.9 Å². The molecular formula is C14H12Cl2N2O. The van der Waals surface area contributed by atoms with E-state index in [1.807, 2.05) is 12.1 Å². The zero-order chi connectivity index (χ0) is 13.8. The van der Waals surface area contributed by atoms with Crippen molar-refractivity contribution in [2.24, 2.45) is 0 Å². The van der Waals surface area contributed by atoms with Crippen LogP contribution in [0.1, 0.15) is 5.56 Å². The molecule has 98 valence electrons. The van der Waals surface area contributed by atoms with Crippen molar-refractivity contribution in [3.63, 3.8) is 0 Å². The highest BCUT2D eigenvalue weighted by atomic mass is 35.5. The highest BCUT2D eigenvalue weighted by molar-refractivity contribution is 6.31. The second-order valence-electron chi connectivity index (χ2n) is 4.08. The quantitative estimate of drug-likeness (QED) is 0.847. The van der Waals surface area contributed by atoms with Gasteiger partial charge in [0.25, 0.3) is 0 Å². The Hall–Kier alpha value is -1.71. The van der Waals surface area contributed by atoms with Crippen LogP contribution in [0.25, 0.3) is 0 Å². The van der Waals surface area contributed by atoms with Gasteiger partial charge in [-0.3, -0.25) is 4.79 Å². The molecule has 2 aromatic carbocycles. The lowest BCUT2D eigenvalue weighted by Crippen LogP contribution is -2.15. The number of carbonyl (C=O) groups is 1. The van der Waals surface area contributed by atoms with Gasteiger partial charge in [-0.2, -0.15) is 0 Å². The molecule has 1 amide bonds. The van der Waals surface area contributed by atoms with Crippen LogP contribution in [0.4, 0.5) is 11.4 Å². The number of nitrogens with one attached hydrogen (secondary N) is 1. The number of carbonyl (C=O) groups excluding carboxylic acids is 1. The fourth-order valence-electron chi connectivity index (χ4n) is 1.62. The van der Waals surface area contributed by atoms with Crippen molar-refractivity contribution in [2.45, 2.75) is 6.42 Å². The fourth-order valence-corrected chi connectivity index (χ4v) is 1.92. The minimum absolute atomic E-state index is 0.156. The Morgan fingerprint density at radius 1 is 1.05 bits per heavy atom. The second kappa shape index (κ2) is 5.95. The van der Waals surface area contributed by atoms with Gasteiger partial charge in [0, 0.05) is 10.0 Å². The number of hydrogen-bond acceptors (Lipinski definition) is 2. The number of anilines is 2. The molecule has 0 fully saturated rings. The van der Waals surface area contributed by atoms with Gasteiger partial charge >= 0.3 is 0 Å². The average molecular weight is 295 g/mol. The van der Waals surface area contributed by atoms with Crippen molar-refractivity contribution < 1.29 is 4.79 Å². The Balaban J connectivity index is 2.05. The largest absolute Gasteiger partial charge is 0.397 e. The first-order valence-electron chi connectivity index (χ1n) is 5.64. The fraction of sp³-hybridized carbons (Fsp3) is 0.0714. The number of halogens is 2. The van der Waals surface area contributed by atoms with Crippen LogP contribution in [-0.2, 0) is 11.2 Å². The van der Waals surface area contributed by atoms with E-state index in [-0.39, 0.29) is 12.3 Å². The Morgan fingerprint density at radius 3 is 2.37 bits per heavy atom. The number of nitrogen functional groups attached to an aromatic ring is 1. The first-order valence-corrected chi connectivity index (χ1v) is 6.39. The first-order chi connectivity index (χ1) is 9.04. The summed E-state index contributed by atoms with van der Waals surface area (Å²) in [5.74, 6) is -0.156. The molecule has 2 aromatic rings. The third kappa shape index (κ3) is 3.88. The van der Waals surface area contributed by atoms with Crippen molar-refractivity contribution in [1.29, 1.82) is 0 Å². The molecule has 0 unspecified atom stereocenters. The maximum Gasteiger partial charge on any atom is 0.228 e. The van der Waals surface area contributed by atoms with E-state index in [0.717, 1.165) is 5.56 Å². The molecule has 0 aliphatic rings. The molecule has 0 aliphatic heterocycles. The lowest BCUT2D eigenvalue weighted by molar-refractivity contribution is -0.115. The van der Waals surface area contributed by atoms with E-state index < -0.39 is 0 Å². The third-order valence-electron chi connectivity index (χ3n) is 2.57. The molecule has 0 saturated heterocycles. The molecule has 5 heteroatoms. The van der Waals surface area contributed by atoms with Crippen LogP contribution in [0.15, 0.2) is 42.5 Å². The van der Waals surface area contributed by atoms with E-state index in [9.17, 15) is 4.79 Å². The van der Waals surface area contributed by atoms with Crippen molar-refractivity contribution in [3.05, 3.63) is 58.1 Å². The van der Waals surface area contributed by atoms with Crippen LogP contribution in [0, 0.1) is 0 Å². The van der Waals surface area contributed by atoms with Gasteiger partial charge < -0.3 is 11.1 Å². The number of nitrogens with two attached hydrogens (primary N) is 1. The molecule has 0 aliphatic carbocycles. The van der Waals surface area contributed by atoms with Crippen LogP contribution in [-0.4, -0.2) is 5.91 Å². The highest BCUT2D eigenvalue weighted by Gasteiger charge is 2.07. The van der Waals surface area contributed by atoms with Crippen LogP contribution < -0.4 is 11.1 Å². The summed E-state index contributed by atoms with van der Waals surface area (Å²) >= 11 is 11.6. The molecule has 0 heterocycles. The predicted molar refractivity (Wildman–Crippen MR) is 79.7 cm³/mol. The molecule has 2 rings (SSSR count). The molecule has 3 nitrogen and oxygen atoms in total. The molecule has 3 N–H and O–H groups in total. The number of amides is 1. The Morgan fingerprint density at radius 2 is 1.68 bits per heavy atom. The van der Waals surface area contributed by atoms with E-state index in [0.29, 0.717) is 21.4 Å². The van der Waals surface area contributed by atoms with Crippen LogP contribution in [0.5, 0.6) is 0 Å². The van der Waals surface area contributed by atoms with E-state index in [1.54, 1.807) is 30.3 Å². The number of benzene rings is 2. The lowest BCUT2D eigenvalue weighted by atomic mass is 10.1. The highest BCUT2D eigenvalue weighted by Crippen LogP contribution is 2.23. The zero-order valence-corrected chi connectivity index (χ0v) is 11.5. The zero-order valence-electron chi connectivity index (χ0n) is 9.99. The van der Waals surface area contributed by atoms with Gasteiger partial charge in [-0.15, -0.1) is 0 Å². The summed E-state index contributed by atoms with van der Waals surface area (Å²) in [5.41, 5.74) is 7.64. The minimum Gasteiger partial charge on any atom is -0.397 e. The molecule has 19 heavy (non-hydrogen) atoms. The maximum atomic E-state index is 11.9. The number of hydrogen-bond donors (Lipinski definition) is 2. The van der Waals surface area contributed by atoms with E-state index in [4.69, 9.17) is 28.9 Å². The van der Waals surface area contributed by atoms with Crippen molar-refractivity contribution in [1.82, 2.24) is 0 Å². The van der Waals surface area contributed by atoms with Crippen LogP contribution >= 0.6 is 23.2 Å². The van der Waals surface area contributed by atoms with E-state index in [1.165, 1.54) is 0 Å². The van der Waals surface area contributed by atoms with Crippen LogP contribution in [0.3, 0.4) is 0 Å². The molecule has 0 aromatic heterocycles. The summed E-state index contributed by atoms with van der Waals surface area (Å²) in [6.45, 7) is 0. The van der Waals surface area contributed by atoms with Crippen molar-refractivity contribution >= 4 is 40.5 Å². The standard InChI is InChI=1S/C14H12Cl2N2O/c15-10-3-1-9(2-4-10)7-14(19)18-13-8-11(16)5-6-12(13)17/h1-6,8H,7,17H2,(H,18,19). The molecular weight excluding hydrogens is 283 g/mol. The maximum absolute atomic E-state index is 11.9. The monoisotopic (exact) mass is 294 g/mol. The van der Waals surface area contributed by atoms with Crippen LogP contribution in [0.2, 0.25) is 10.0 Å². The third-order valence-corrected chi connectivity index (χ3v) is 3.05. The normalized spacial score (nSPS) is 10.2. The van der Waals surface area contributed by atoms with Gasteiger partial charge in [0.05, 0.1) is 17.8 Å². The van der Waals surface area contributed by atoms with E-state index in [2.05, 4.69) is 5.32 Å². The van der Waals surface area contributed by atoms with Gasteiger partial charge in [0.15, 0.2) is 0 Å². The van der Waals surface area contributed by atoms with Gasteiger partial charge in [0.2, 0.25) is 5.91 Å². The van der Waals surface area contributed by atoms with E-state index >= 15 is 0 Å². The SMILES string of the molecule is Nc1ccc(Cl)cc1NC(=O)Cc1ccc(Cl)cc1. The molecule has 0 saturated carbocycles. The Labute approximate surface area is 121 Å². The Bertz CT molecular complexity index is 597. The number of rotatable bonds is 3. The smallest absolute Gasteiger partial charge is 0.228 e. The van der Waals surface area contributed by atoms with Crippen molar-refractivity contribution in [2.75, 3.05) is 11.1 Å². The summed E-state index contributed by atoms with van der Waals surface area (Å²) in [5, 5.41) is 3.90. The minimum atomic E-state index is -0.156. The topological polar surface area (TPSA) is 55.1 Å². The summed E-state index contributed by atoms with van der Waals surface area (Å²) in [7, 11) is 0. The molecule has 0 radical (unpaired) electrons. The summed E-state index contributed by atoms with van der Waals surface area (Å²) in [6.07, 6.45) is 0.253. The van der Waals surface area contributed by atoms with Crippen molar-refractivity contribution in [3.8, 4) is 0 Å². The molecule has 0 spiro atoms. The summed E-state index contributed by atoms with van der Waals surface area (Å²) in [4.78, 5) is 11.9. The predicted octanol–water partition coefficient (Wildman–Crippen LogP) is 3.76. The lowest BCUT2D eigenvalue weighted by Gasteiger charge is -2.08. The van der Waals surface area contributed by atoms with Gasteiger partial charge in [-0.1, -0.05) is 35.3 Å². The molecule has 0 atom stereocenters. The summed E-state index contributed by atoms with van der Waals surface area (Å²) in [6, 6.07) is 12.1. The first kappa shape index (κ1) is 13.7.